The van der Waals surface area contributed by atoms with Gasteiger partial charge >= 0.3 is 0 Å². The monoisotopic (exact) mass is 356 g/mol. The van der Waals surface area contributed by atoms with Crippen LogP contribution in [-0.2, 0) is 4.79 Å². The van der Waals surface area contributed by atoms with Crippen molar-refractivity contribution in [2.45, 2.75) is 26.8 Å². The third-order valence-corrected chi connectivity index (χ3v) is 3.34. The zero-order chi connectivity index (χ0) is 16.0. The summed E-state index contributed by atoms with van der Waals surface area (Å²) in [5.41, 5.74) is 0.444. The first-order valence-corrected chi connectivity index (χ1v) is 7.60. The lowest BCUT2D eigenvalue weighted by Crippen LogP contribution is -2.42. The molecule has 6 heteroatoms. The van der Waals surface area contributed by atoms with Crippen molar-refractivity contribution in [1.29, 1.82) is 0 Å². The van der Waals surface area contributed by atoms with Gasteiger partial charge in [-0.3, -0.25) is 9.59 Å². The van der Waals surface area contributed by atoms with Crippen molar-refractivity contribution in [3.8, 4) is 5.75 Å². The number of likely N-dealkylation sites (N-methyl/N-ethyl adjacent to an activating group) is 1. The first kappa shape index (κ1) is 17.5. The quantitative estimate of drug-likeness (QED) is 0.851. The largest absolute Gasteiger partial charge is 0.496 e. The van der Waals surface area contributed by atoms with E-state index in [1.807, 2.05) is 20.8 Å². The van der Waals surface area contributed by atoms with Gasteiger partial charge in [0, 0.05) is 17.1 Å². The van der Waals surface area contributed by atoms with E-state index >= 15 is 0 Å². The molecule has 116 valence electrons. The number of carbonyl (C=O) groups excluding carboxylic acids is 2. The van der Waals surface area contributed by atoms with Crippen molar-refractivity contribution >= 4 is 27.7 Å². The molecule has 0 spiro atoms. The van der Waals surface area contributed by atoms with E-state index in [-0.39, 0.29) is 24.4 Å². The van der Waals surface area contributed by atoms with Crippen LogP contribution in [0.4, 0.5) is 0 Å². The normalized spacial score (nSPS) is 10.4. The second-order valence-electron chi connectivity index (χ2n) is 4.89. The Bertz CT molecular complexity index is 518. The van der Waals surface area contributed by atoms with Gasteiger partial charge in [-0.2, -0.15) is 0 Å². The molecule has 1 N–H and O–H groups in total. The Kier molecular flexibility index (Phi) is 6.68. The molecule has 0 atom stereocenters. The summed E-state index contributed by atoms with van der Waals surface area (Å²) in [6.45, 7) is 6.09. The minimum absolute atomic E-state index is 0.0345. The Hall–Kier alpha value is -1.56. The van der Waals surface area contributed by atoms with Crippen LogP contribution >= 0.6 is 15.9 Å². The van der Waals surface area contributed by atoms with Crippen molar-refractivity contribution in [2.75, 3.05) is 20.2 Å². The highest BCUT2D eigenvalue weighted by molar-refractivity contribution is 9.10. The summed E-state index contributed by atoms with van der Waals surface area (Å²) in [7, 11) is 1.51. The van der Waals surface area contributed by atoms with Crippen molar-refractivity contribution in [1.82, 2.24) is 10.2 Å². The molecular weight excluding hydrogens is 336 g/mol. The van der Waals surface area contributed by atoms with E-state index in [2.05, 4.69) is 21.2 Å². The SMILES string of the molecule is CCN(CC(=O)NC(C)C)C(=O)c1ccc(Br)cc1OC. The van der Waals surface area contributed by atoms with Crippen molar-refractivity contribution < 1.29 is 14.3 Å². The number of rotatable bonds is 6. The fourth-order valence-electron chi connectivity index (χ4n) is 1.88. The molecule has 0 aliphatic heterocycles. The topological polar surface area (TPSA) is 58.6 Å². The lowest BCUT2D eigenvalue weighted by molar-refractivity contribution is -0.122. The number of hydrogen-bond acceptors (Lipinski definition) is 3. The standard InChI is InChI=1S/C15H21BrN2O3/c1-5-18(9-14(19)17-10(2)3)15(20)12-7-6-11(16)8-13(12)21-4/h6-8,10H,5,9H2,1-4H3,(H,17,19). The molecule has 0 aliphatic rings. The first-order valence-electron chi connectivity index (χ1n) is 6.81. The lowest BCUT2D eigenvalue weighted by Gasteiger charge is -2.22. The van der Waals surface area contributed by atoms with E-state index in [0.29, 0.717) is 17.9 Å². The summed E-state index contributed by atoms with van der Waals surface area (Å²) in [5.74, 6) is 0.0918. The van der Waals surface area contributed by atoms with Gasteiger partial charge in [0.2, 0.25) is 5.91 Å². The van der Waals surface area contributed by atoms with Gasteiger partial charge in [-0.25, -0.2) is 0 Å². The molecule has 0 saturated heterocycles. The highest BCUT2D eigenvalue weighted by Crippen LogP contribution is 2.24. The maximum Gasteiger partial charge on any atom is 0.258 e. The minimum atomic E-state index is -0.222. The third kappa shape index (κ3) is 5.04. The maximum absolute atomic E-state index is 12.5. The van der Waals surface area contributed by atoms with Gasteiger partial charge in [-0.1, -0.05) is 15.9 Å². The molecule has 5 nitrogen and oxygen atoms in total. The molecular formula is C15H21BrN2O3. The number of nitrogens with zero attached hydrogens (tertiary/aromatic N) is 1. The molecule has 0 aromatic heterocycles. The molecule has 0 bridgehead atoms. The molecule has 2 amide bonds. The van der Waals surface area contributed by atoms with Crippen LogP contribution in [0.1, 0.15) is 31.1 Å². The summed E-state index contributed by atoms with van der Waals surface area (Å²) in [5, 5.41) is 2.78. The van der Waals surface area contributed by atoms with Crippen molar-refractivity contribution in [3.05, 3.63) is 28.2 Å². The van der Waals surface area contributed by atoms with Gasteiger partial charge in [0.05, 0.1) is 19.2 Å². The fraction of sp³-hybridized carbons (Fsp3) is 0.467. The molecule has 0 fully saturated rings. The second kappa shape index (κ2) is 8.02. The van der Waals surface area contributed by atoms with Gasteiger partial charge in [0.15, 0.2) is 0 Å². The molecule has 0 unspecified atom stereocenters. The zero-order valence-electron chi connectivity index (χ0n) is 12.8. The number of hydrogen-bond donors (Lipinski definition) is 1. The van der Waals surface area contributed by atoms with Crippen LogP contribution in [0, 0.1) is 0 Å². The number of nitrogens with one attached hydrogen (secondary N) is 1. The predicted octanol–water partition coefficient (Wildman–Crippen LogP) is 2.44. The zero-order valence-corrected chi connectivity index (χ0v) is 14.4. The van der Waals surface area contributed by atoms with Crippen LogP contribution in [0.2, 0.25) is 0 Å². The number of ether oxygens (including phenoxy) is 1. The van der Waals surface area contributed by atoms with E-state index in [9.17, 15) is 9.59 Å². The van der Waals surface area contributed by atoms with E-state index in [1.165, 1.54) is 12.0 Å². The Morgan fingerprint density at radius 3 is 2.57 bits per heavy atom. The molecule has 0 saturated carbocycles. The summed E-state index contributed by atoms with van der Waals surface area (Å²) in [4.78, 5) is 25.9. The van der Waals surface area contributed by atoms with E-state index in [0.717, 1.165) is 4.47 Å². The summed E-state index contributed by atoms with van der Waals surface area (Å²) < 4.78 is 6.06. The molecule has 1 aromatic rings. The lowest BCUT2D eigenvalue weighted by atomic mass is 10.1. The molecule has 21 heavy (non-hydrogen) atoms. The second-order valence-corrected chi connectivity index (χ2v) is 5.80. The fourth-order valence-corrected chi connectivity index (χ4v) is 2.22. The highest BCUT2D eigenvalue weighted by atomic mass is 79.9. The van der Waals surface area contributed by atoms with E-state index < -0.39 is 0 Å². The average molecular weight is 357 g/mol. The summed E-state index contributed by atoms with van der Waals surface area (Å²) in [6.07, 6.45) is 0. The number of amides is 2. The van der Waals surface area contributed by atoms with E-state index in [4.69, 9.17) is 4.74 Å². The van der Waals surface area contributed by atoms with Crippen LogP contribution in [0.15, 0.2) is 22.7 Å². The van der Waals surface area contributed by atoms with Crippen LogP contribution in [0.25, 0.3) is 0 Å². The minimum Gasteiger partial charge on any atom is -0.496 e. The van der Waals surface area contributed by atoms with Gasteiger partial charge < -0.3 is 15.0 Å². The molecule has 0 radical (unpaired) electrons. The van der Waals surface area contributed by atoms with E-state index in [1.54, 1.807) is 18.2 Å². The number of halogens is 1. The van der Waals surface area contributed by atoms with Crippen LogP contribution in [-0.4, -0.2) is 43.0 Å². The van der Waals surface area contributed by atoms with Crippen molar-refractivity contribution in [3.63, 3.8) is 0 Å². The summed E-state index contributed by atoms with van der Waals surface area (Å²) >= 11 is 3.34. The number of carbonyl (C=O) groups is 2. The summed E-state index contributed by atoms with van der Waals surface area (Å²) in [6, 6.07) is 5.25. The first-order chi connectivity index (χ1) is 9.88. The Balaban J connectivity index is 2.91. The van der Waals surface area contributed by atoms with Gasteiger partial charge in [0.25, 0.3) is 5.91 Å². The Morgan fingerprint density at radius 2 is 2.05 bits per heavy atom. The molecule has 1 aromatic carbocycles. The number of benzene rings is 1. The van der Waals surface area contributed by atoms with Crippen LogP contribution < -0.4 is 10.1 Å². The highest BCUT2D eigenvalue weighted by Gasteiger charge is 2.21. The smallest absolute Gasteiger partial charge is 0.258 e. The van der Waals surface area contributed by atoms with Gasteiger partial charge in [0.1, 0.15) is 5.75 Å². The van der Waals surface area contributed by atoms with Crippen LogP contribution in [0.5, 0.6) is 5.75 Å². The van der Waals surface area contributed by atoms with Crippen LogP contribution in [0.3, 0.4) is 0 Å². The Morgan fingerprint density at radius 1 is 1.38 bits per heavy atom. The number of methoxy groups -OCH3 is 1. The van der Waals surface area contributed by atoms with Gasteiger partial charge in [-0.05, 0) is 39.0 Å². The average Bonchev–Trinajstić information content (AvgIpc) is 2.43. The third-order valence-electron chi connectivity index (χ3n) is 2.85. The van der Waals surface area contributed by atoms with Gasteiger partial charge in [-0.15, -0.1) is 0 Å². The predicted molar refractivity (Wildman–Crippen MR) is 85.6 cm³/mol. The van der Waals surface area contributed by atoms with Crippen molar-refractivity contribution in [2.24, 2.45) is 0 Å². The maximum atomic E-state index is 12.5. The molecule has 0 heterocycles. The Labute approximate surface area is 133 Å². The molecule has 1 rings (SSSR count). The molecule has 0 aliphatic carbocycles.